The van der Waals surface area contributed by atoms with Gasteiger partial charge < -0.3 is 18.9 Å². The monoisotopic (exact) mass is 377 g/mol. The van der Waals surface area contributed by atoms with Crippen molar-refractivity contribution in [3.63, 3.8) is 0 Å². The second kappa shape index (κ2) is 8.75. The molecule has 0 saturated carbocycles. The molecule has 0 aliphatic carbocycles. The van der Waals surface area contributed by atoms with E-state index in [9.17, 15) is 5.26 Å². The number of methoxy groups -OCH3 is 3. The number of nitrogens with zero attached hydrogens (tertiary/aromatic N) is 1. The fraction of sp³-hybridized carbons (Fsp3) is 0.261. The van der Waals surface area contributed by atoms with E-state index in [0.717, 1.165) is 11.1 Å². The van der Waals surface area contributed by atoms with Crippen LogP contribution in [-0.4, -0.2) is 27.3 Å². The second-order valence-corrected chi connectivity index (χ2v) is 6.31. The Morgan fingerprint density at radius 3 is 2.11 bits per heavy atom. The van der Waals surface area contributed by atoms with E-state index in [0.29, 0.717) is 11.3 Å². The van der Waals surface area contributed by atoms with Crippen LogP contribution in [0, 0.1) is 17.2 Å². The average molecular weight is 377 g/mol. The second-order valence-electron chi connectivity index (χ2n) is 6.31. The molecule has 0 saturated heterocycles. The largest absolute Gasteiger partial charge is 0.505 e. The quantitative estimate of drug-likeness (QED) is 0.549. The predicted molar refractivity (Wildman–Crippen MR) is 106 cm³/mol. The summed E-state index contributed by atoms with van der Waals surface area (Å²) in [5.41, 5.74) is 2.25. The number of benzene rings is 2. The Morgan fingerprint density at radius 2 is 1.57 bits per heavy atom. The Kier molecular flexibility index (Phi) is 6.15. The highest BCUT2D eigenvalue weighted by molar-refractivity contribution is 5.70. The summed E-state index contributed by atoms with van der Waals surface area (Å²) < 4.78 is 22.9. The molecule has 2 aromatic carbocycles. The highest BCUT2D eigenvalue weighted by Gasteiger charge is 2.52. The van der Waals surface area contributed by atoms with Gasteiger partial charge in [0.1, 0.15) is 5.76 Å². The molecule has 144 valence electrons. The molecule has 0 N–H and O–H groups in total. The van der Waals surface area contributed by atoms with Crippen molar-refractivity contribution in [3.05, 3.63) is 89.7 Å². The SMILES string of the molecule is COC=CC1C(c2ccccc2)C(C#N)=C(c2ccccc2)OC1(OC)OC. The van der Waals surface area contributed by atoms with E-state index in [2.05, 4.69) is 6.07 Å². The summed E-state index contributed by atoms with van der Waals surface area (Å²) in [7, 11) is 4.62. The van der Waals surface area contributed by atoms with Crippen LogP contribution in [-0.2, 0) is 18.9 Å². The standard InChI is InChI=1S/C23H23NO4/c1-25-15-14-20-21(17-10-6-4-7-11-17)19(16-24)22(18-12-8-5-9-13-18)28-23(20,26-2)27-3/h4-15,20-21H,1-3H3. The Balaban J connectivity index is 2.29. The van der Waals surface area contributed by atoms with Crippen LogP contribution in [0.5, 0.6) is 0 Å². The lowest BCUT2D eigenvalue weighted by Crippen LogP contribution is -2.49. The summed E-state index contributed by atoms with van der Waals surface area (Å²) in [6, 6.07) is 21.7. The highest BCUT2D eigenvalue weighted by atomic mass is 16.9. The van der Waals surface area contributed by atoms with E-state index in [1.807, 2.05) is 66.7 Å². The van der Waals surface area contributed by atoms with Crippen molar-refractivity contribution < 1.29 is 18.9 Å². The van der Waals surface area contributed by atoms with E-state index < -0.39 is 11.9 Å². The van der Waals surface area contributed by atoms with Crippen LogP contribution >= 0.6 is 0 Å². The minimum absolute atomic E-state index is 0.346. The molecule has 1 aliphatic rings. The number of hydrogen-bond donors (Lipinski definition) is 0. The van der Waals surface area contributed by atoms with Crippen LogP contribution in [0.15, 0.2) is 78.6 Å². The summed E-state index contributed by atoms with van der Waals surface area (Å²) in [5.74, 6) is -1.77. The van der Waals surface area contributed by atoms with Crippen molar-refractivity contribution in [2.75, 3.05) is 21.3 Å². The van der Waals surface area contributed by atoms with E-state index in [4.69, 9.17) is 18.9 Å². The molecule has 0 amide bonds. The molecule has 5 heteroatoms. The van der Waals surface area contributed by atoms with E-state index in [-0.39, 0.29) is 5.92 Å². The van der Waals surface area contributed by atoms with Crippen LogP contribution in [0.1, 0.15) is 17.0 Å². The molecule has 2 atom stereocenters. The number of nitriles is 1. The average Bonchev–Trinajstić information content (AvgIpc) is 2.77. The van der Waals surface area contributed by atoms with Crippen LogP contribution in [0.25, 0.3) is 5.76 Å². The maximum absolute atomic E-state index is 10.1. The zero-order valence-electron chi connectivity index (χ0n) is 16.2. The first kappa shape index (κ1) is 19.7. The van der Waals surface area contributed by atoms with Crippen LogP contribution in [0.3, 0.4) is 0 Å². The van der Waals surface area contributed by atoms with Gasteiger partial charge in [-0.05, 0) is 11.6 Å². The summed E-state index contributed by atoms with van der Waals surface area (Å²) in [4.78, 5) is 0. The van der Waals surface area contributed by atoms with Crippen molar-refractivity contribution in [1.82, 2.24) is 0 Å². The molecule has 0 aromatic heterocycles. The number of rotatable bonds is 6. The maximum atomic E-state index is 10.1. The Hall–Kier alpha value is -3.07. The van der Waals surface area contributed by atoms with Gasteiger partial charge in [-0.15, -0.1) is 0 Å². The van der Waals surface area contributed by atoms with Gasteiger partial charge in [-0.3, -0.25) is 0 Å². The lowest BCUT2D eigenvalue weighted by Gasteiger charge is -2.44. The van der Waals surface area contributed by atoms with Gasteiger partial charge in [-0.2, -0.15) is 5.26 Å². The van der Waals surface area contributed by atoms with Gasteiger partial charge >= 0.3 is 5.97 Å². The van der Waals surface area contributed by atoms with Gasteiger partial charge in [0.2, 0.25) is 0 Å². The first-order valence-corrected chi connectivity index (χ1v) is 8.94. The molecule has 0 spiro atoms. The van der Waals surface area contributed by atoms with E-state index in [1.54, 1.807) is 13.4 Å². The molecule has 1 aliphatic heterocycles. The third kappa shape index (κ3) is 3.53. The van der Waals surface area contributed by atoms with Gasteiger partial charge in [-0.1, -0.05) is 60.7 Å². The molecule has 0 radical (unpaired) electrons. The smallest absolute Gasteiger partial charge is 0.334 e. The van der Waals surface area contributed by atoms with Crippen molar-refractivity contribution in [2.24, 2.45) is 5.92 Å². The summed E-state index contributed by atoms with van der Waals surface area (Å²) in [6.45, 7) is 0. The molecular weight excluding hydrogens is 354 g/mol. The van der Waals surface area contributed by atoms with E-state index in [1.165, 1.54) is 14.2 Å². The van der Waals surface area contributed by atoms with Crippen molar-refractivity contribution in [1.29, 1.82) is 5.26 Å². The van der Waals surface area contributed by atoms with Crippen LogP contribution in [0.4, 0.5) is 0 Å². The lowest BCUT2D eigenvalue weighted by atomic mass is 9.76. The number of hydrogen-bond acceptors (Lipinski definition) is 5. The maximum Gasteiger partial charge on any atom is 0.334 e. The third-order valence-electron chi connectivity index (χ3n) is 4.87. The first-order chi connectivity index (χ1) is 13.7. The third-order valence-corrected chi connectivity index (χ3v) is 4.87. The van der Waals surface area contributed by atoms with Gasteiger partial charge in [0.15, 0.2) is 0 Å². The fourth-order valence-electron chi connectivity index (χ4n) is 3.58. The van der Waals surface area contributed by atoms with Gasteiger partial charge in [0, 0.05) is 25.7 Å². The predicted octanol–water partition coefficient (Wildman–Crippen LogP) is 4.46. The molecule has 1 heterocycles. The molecular formula is C23H23NO4. The Labute approximate surface area is 165 Å². The molecule has 0 fully saturated rings. The lowest BCUT2D eigenvalue weighted by molar-refractivity contribution is -0.361. The van der Waals surface area contributed by atoms with Gasteiger partial charge in [-0.25, -0.2) is 0 Å². The van der Waals surface area contributed by atoms with E-state index >= 15 is 0 Å². The van der Waals surface area contributed by atoms with Crippen molar-refractivity contribution in [2.45, 2.75) is 11.9 Å². The number of allylic oxidation sites excluding steroid dienone is 1. The highest BCUT2D eigenvalue weighted by Crippen LogP contribution is 2.50. The van der Waals surface area contributed by atoms with Crippen LogP contribution in [0.2, 0.25) is 0 Å². The Bertz CT molecular complexity index is 880. The molecule has 5 nitrogen and oxygen atoms in total. The molecule has 3 rings (SSSR count). The molecule has 0 bridgehead atoms. The minimum atomic E-state index is -1.42. The summed E-state index contributed by atoms with van der Waals surface area (Å²) >= 11 is 0. The first-order valence-electron chi connectivity index (χ1n) is 8.94. The topological polar surface area (TPSA) is 60.7 Å². The molecule has 2 unspecified atom stereocenters. The van der Waals surface area contributed by atoms with Gasteiger partial charge in [0.05, 0.1) is 30.9 Å². The molecule has 2 aromatic rings. The van der Waals surface area contributed by atoms with Crippen molar-refractivity contribution in [3.8, 4) is 6.07 Å². The molecule has 28 heavy (non-hydrogen) atoms. The fourth-order valence-corrected chi connectivity index (χ4v) is 3.58. The minimum Gasteiger partial charge on any atom is -0.505 e. The number of ether oxygens (including phenoxy) is 4. The summed E-state index contributed by atoms with van der Waals surface area (Å²) in [6.07, 6.45) is 3.36. The van der Waals surface area contributed by atoms with Crippen molar-refractivity contribution >= 4 is 5.76 Å². The summed E-state index contributed by atoms with van der Waals surface area (Å²) in [5, 5.41) is 10.1. The zero-order chi connectivity index (χ0) is 20.0. The zero-order valence-corrected chi connectivity index (χ0v) is 16.2. The van der Waals surface area contributed by atoms with Gasteiger partial charge in [0.25, 0.3) is 0 Å². The Morgan fingerprint density at radius 1 is 0.964 bits per heavy atom. The normalized spacial score (nSPS) is 21.2. The van der Waals surface area contributed by atoms with Crippen LogP contribution < -0.4 is 0 Å².